The molecule has 4 aliphatic rings. The van der Waals surface area contributed by atoms with Crippen molar-refractivity contribution in [3.63, 3.8) is 0 Å². The molecular formula is C26H45NO21. The molecule has 0 unspecified atom stereocenters. The first kappa shape index (κ1) is 39.5. The van der Waals surface area contributed by atoms with Crippen molar-refractivity contribution in [2.45, 2.75) is 130 Å². The summed E-state index contributed by atoms with van der Waals surface area (Å²) in [6.07, 6.45) is -33.5. The van der Waals surface area contributed by atoms with E-state index in [1.54, 1.807) is 0 Å². The maximum atomic E-state index is 12.1. The van der Waals surface area contributed by atoms with Crippen LogP contribution in [0.5, 0.6) is 0 Å². The second kappa shape index (κ2) is 16.8. The van der Waals surface area contributed by atoms with Gasteiger partial charge in [0.2, 0.25) is 5.91 Å². The van der Waals surface area contributed by atoms with Crippen LogP contribution in [-0.2, 0) is 38.0 Å². The molecule has 0 saturated carbocycles. The maximum Gasteiger partial charge on any atom is 0.217 e. The average Bonchev–Trinajstić information content (AvgIpc) is 3.06. The highest BCUT2D eigenvalue weighted by Crippen LogP contribution is 2.34. The zero-order chi connectivity index (χ0) is 35.6. The number of ether oxygens (including phenoxy) is 7. The fourth-order valence-electron chi connectivity index (χ4n) is 5.93. The fourth-order valence-corrected chi connectivity index (χ4v) is 5.93. The summed E-state index contributed by atoms with van der Waals surface area (Å²) in [7, 11) is 0. The van der Waals surface area contributed by atoms with Gasteiger partial charge in [0.25, 0.3) is 0 Å². The van der Waals surface area contributed by atoms with Crippen LogP contribution in [0.15, 0.2) is 0 Å². The molecule has 0 aromatic heterocycles. The second-order valence-corrected chi connectivity index (χ2v) is 11.9. The highest BCUT2D eigenvalue weighted by molar-refractivity contribution is 5.73. The molecule has 4 rings (SSSR count). The maximum absolute atomic E-state index is 12.1. The van der Waals surface area contributed by atoms with Crippen LogP contribution in [0.25, 0.3) is 0 Å². The van der Waals surface area contributed by atoms with E-state index in [1.165, 1.54) is 0 Å². The molecule has 4 aliphatic heterocycles. The van der Waals surface area contributed by atoms with Gasteiger partial charge in [-0.1, -0.05) is 0 Å². The molecule has 0 aromatic rings. The molecule has 14 N–H and O–H groups in total. The molecule has 48 heavy (non-hydrogen) atoms. The Morgan fingerprint density at radius 2 is 0.958 bits per heavy atom. The molecular weight excluding hydrogens is 662 g/mol. The Balaban J connectivity index is 1.54. The Labute approximate surface area is 272 Å². The van der Waals surface area contributed by atoms with Crippen LogP contribution >= 0.6 is 0 Å². The average molecular weight is 708 g/mol. The van der Waals surface area contributed by atoms with E-state index in [0.717, 1.165) is 6.92 Å². The number of rotatable bonds is 11. The summed E-state index contributed by atoms with van der Waals surface area (Å²) < 4.78 is 38.4. The molecule has 4 heterocycles. The van der Waals surface area contributed by atoms with Gasteiger partial charge in [0.15, 0.2) is 25.2 Å². The Kier molecular flexibility index (Phi) is 13.8. The van der Waals surface area contributed by atoms with Crippen LogP contribution in [0.2, 0.25) is 0 Å². The minimum atomic E-state index is -2.03. The lowest BCUT2D eigenvalue weighted by Crippen LogP contribution is -2.69. The molecule has 0 aromatic carbocycles. The van der Waals surface area contributed by atoms with Crippen molar-refractivity contribution in [2.75, 3.05) is 26.4 Å². The van der Waals surface area contributed by atoms with E-state index in [9.17, 15) is 71.2 Å². The summed E-state index contributed by atoms with van der Waals surface area (Å²) in [6.45, 7) is -2.33. The number of aliphatic hydroxyl groups excluding tert-OH is 13. The first-order chi connectivity index (χ1) is 22.7. The molecule has 22 nitrogen and oxygen atoms in total. The normalized spacial score (nSPS) is 50.2. The van der Waals surface area contributed by atoms with Gasteiger partial charge < -0.3 is 105 Å². The third kappa shape index (κ3) is 8.08. The summed E-state index contributed by atoms with van der Waals surface area (Å²) in [5.41, 5.74) is 0. The minimum absolute atomic E-state index is 0.746. The van der Waals surface area contributed by atoms with Crippen LogP contribution in [0.3, 0.4) is 0 Å². The first-order valence-electron chi connectivity index (χ1n) is 15.1. The molecule has 4 fully saturated rings. The quantitative estimate of drug-likeness (QED) is 0.0947. The van der Waals surface area contributed by atoms with Crippen molar-refractivity contribution < 1.29 is 104 Å². The second-order valence-electron chi connectivity index (χ2n) is 11.9. The number of carbonyl (C=O) groups excluding carboxylic acids is 1. The van der Waals surface area contributed by atoms with Crippen LogP contribution in [0.1, 0.15) is 6.92 Å². The summed E-state index contributed by atoms with van der Waals surface area (Å²) in [5.74, 6) is -0.746. The smallest absolute Gasteiger partial charge is 0.217 e. The SMILES string of the molecule is CC(=O)N[C@H]1[C@H](O[C@H]2[C@@H](O)[C@H](O)[C@@H](CO)O[C@H]2O)O[C@H](CO)[C@@H](O[C@@H]2O[C@H](CO)[C@H](O)[C@H](O[C@H]3O[C@H](CO)[C@H](O)[C@H](O)[C@H]3O)[C@H]2O)[C@@H]1O. The molecule has 0 aliphatic carbocycles. The lowest BCUT2D eigenvalue weighted by Gasteiger charge is -2.49. The number of aliphatic hydroxyl groups is 13. The number of carbonyl (C=O) groups is 1. The van der Waals surface area contributed by atoms with Crippen molar-refractivity contribution in [3.05, 3.63) is 0 Å². The molecule has 0 bridgehead atoms. The van der Waals surface area contributed by atoms with Crippen molar-refractivity contribution in [1.29, 1.82) is 0 Å². The molecule has 0 radical (unpaired) electrons. The van der Waals surface area contributed by atoms with Crippen LogP contribution in [0, 0.1) is 0 Å². The monoisotopic (exact) mass is 707 g/mol. The Bertz CT molecular complexity index is 1030. The predicted octanol–water partition coefficient (Wildman–Crippen LogP) is -9.61. The van der Waals surface area contributed by atoms with Gasteiger partial charge in [-0.05, 0) is 0 Å². The molecule has 280 valence electrons. The zero-order valence-electron chi connectivity index (χ0n) is 25.5. The topological polar surface area (TPSA) is 357 Å². The summed E-state index contributed by atoms with van der Waals surface area (Å²) in [4.78, 5) is 12.1. The van der Waals surface area contributed by atoms with Gasteiger partial charge in [0, 0.05) is 6.92 Å². The first-order valence-corrected chi connectivity index (χ1v) is 15.1. The largest absolute Gasteiger partial charge is 0.394 e. The minimum Gasteiger partial charge on any atom is -0.394 e. The highest BCUT2D eigenvalue weighted by Gasteiger charge is 2.55. The van der Waals surface area contributed by atoms with E-state index in [4.69, 9.17) is 33.2 Å². The van der Waals surface area contributed by atoms with E-state index >= 15 is 0 Å². The zero-order valence-corrected chi connectivity index (χ0v) is 25.5. The number of hydrogen-bond donors (Lipinski definition) is 14. The Morgan fingerprint density at radius 3 is 1.52 bits per heavy atom. The van der Waals surface area contributed by atoms with Crippen LogP contribution in [-0.4, -0.2) is 221 Å². The number of hydrogen-bond acceptors (Lipinski definition) is 21. The van der Waals surface area contributed by atoms with Crippen molar-refractivity contribution in [1.82, 2.24) is 5.32 Å². The van der Waals surface area contributed by atoms with Gasteiger partial charge in [-0.15, -0.1) is 0 Å². The van der Waals surface area contributed by atoms with Crippen molar-refractivity contribution in [2.24, 2.45) is 0 Å². The fraction of sp³-hybridized carbons (Fsp3) is 0.962. The predicted molar refractivity (Wildman–Crippen MR) is 145 cm³/mol. The molecule has 20 atom stereocenters. The van der Waals surface area contributed by atoms with Gasteiger partial charge in [-0.25, -0.2) is 0 Å². The molecule has 0 spiro atoms. The van der Waals surface area contributed by atoms with Gasteiger partial charge in [0.1, 0.15) is 97.6 Å². The third-order valence-electron chi connectivity index (χ3n) is 8.61. The van der Waals surface area contributed by atoms with Crippen molar-refractivity contribution >= 4 is 5.91 Å². The van der Waals surface area contributed by atoms with Gasteiger partial charge in [-0.2, -0.15) is 0 Å². The van der Waals surface area contributed by atoms with Gasteiger partial charge >= 0.3 is 0 Å². The van der Waals surface area contributed by atoms with Gasteiger partial charge in [-0.3, -0.25) is 4.79 Å². The highest BCUT2D eigenvalue weighted by atomic mass is 16.8. The molecule has 4 saturated heterocycles. The molecule has 22 heteroatoms. The summed E-state index contributed by atoms with van der Waals surface area (Å²) in [6, 6.07) is -1.59. The lowest BCUT2D eigenvalue weighted by atomic mass is 9.94. The summed E-state index contributed by atoms with van der Waals surface area (Å²) in [5, 5.41) is 136. The van der Waals surface area contributed by atoms with E-state index < -0.39 is 155 Å². The molecule has 1 amide bonds. The summed E-state index contributed by atoms with van der Waals surface area (Å²) >= 11 is 0. The number of amides is 1. The van der Waals surface area contributed by atoms with Gasteiger partial charge in [0.05, 0.1) is 26.4 Å². The number of nitrogens with one attached hydrogen (secondary N) is 1. The van der Waals surface area contributed by atoms with Crippen LogP contribution in [0.4, 0.5) is 0 Å². The lowest BCUT2D eigenvalue weighted by molar-refractivity contribution is -0.382. The Hall–Kier alpha value is -1.33. The van der Waals surface area contributed by atoms with E-state index in [0.29, 0.717) is 0 Å². The van der Waals surface area contributed by atoms with E-state index in [2.05, 4.69) is 5.32 Å². The third-order valence-corrected chi connectivity index (χ3v) is 8.61. The van der Waals surface area contributed by atoms with Crippen LogP contribution < -0.4 is 5.32 Å². The van der Waals surface area contributed by atoms with Crippen molar-refractivity contribution in [3.8, 4) is 0 Å². The van der Waals surface area contributed by atoms with E-state index in [-0.39, 0.29) is 0 Å². The standard InChI is InChI=1S/C26H45NO21/c1-6(32)27-11-15(36)20(10(5-31)45-24(11)48-22-17(38)13(34)7(2-28)42-23(22)41)46-26-19(40)21(14(35)9(4-30)44-26)47-25-18(39)16(37)12(33)8(3-29)43-25/h7-26,28-31,33-41H,2-5H2,1H3,(H,27,32)/t7-,8-,9-,10-,11-,12+,13-,14+,15-,16+,17+,18-,19-,20-,21+,22+,23-,24+,25-,26+/m1/s1. The van der Waals surface area contributed by atoms with E-state index in [1.807, 2.05) is 0 Å². The Morgan fingerprint density at radius 1 is 0.500 bits per heavy atom.